The molecule has 1 fully saturated rings. The van der Waals surface area contributed by atoms with E-state index >= 15 is 0 Å². The van der Waals surface area contributed by atoms with Crippen LogP contribution in [0, 0.1) is 0 Å². The van der Waals surface area contributed by atoms with Gasteiger partial charge in [-0.2, -0.15) is 0 Å². The minimum Gasteiger partial charge on any atom is -0.378 e. The first-order valence-corrected chi connectivity index (χ1v) is 9.08. The summed E-state index contributed by atoms with van der Waals surface area (Å²) in [4.78, 5) is 17.2. The van der Waals surface area contributed by atoms with Crippen LogP contribution in [0.15, 0.2) is 30.3 Å². The van der Waals surface area contributed by atoms with E-state index in [0.717, 1.165) is 39.3 Å². The first kappa shape index (κ1) is 25.1. The summed E-state index contributed by atoms with van der Waals surface area (Å²) in [5.74, 6) is 0.203. The molecule has 0 aromatic heterocycles. The molecule has 0 saturated carbocycles. The van der Waals surface area contributed by atoms with Gasteiger partial charge in [-0.25, -0.2) is 0 Å². The van der Waals surface area contributed by atoms with E-state index in [1.54, 1.807) is 0 Å². The highest BCUT2D eigenvalue weighted by Gasteiger charge is 2.21. The van der Waals surface area contributed by atoms with Crippen LogP contribution in [0.3, 0.4) is 0 Å². The van der Waals surface area contributed by atoms with Crippen molar-refractivity contribution in [1.82, 2.24) is 15.1 Å². The Kier molecular flexibility index (Phi) is 13.8. The molecule has 1 aliphatic heterocycles. The maximum absolute atomic E-state index is 12.8. The van der Waals surface area contributed by atoms with Gasteiger partial charge in [0.1, 0.15) is 0 Å². The Morgan fingerprint density at radius 3 is 2.42 bits per heavy atom. The molecule has 1 aromatic carbocycles. The lowest BCUT2D eigenvalue weighted by molar-refractivity contribution is -0.133. The molecular weight excluding hydrogens is 373 g/mol. The van der Waals surface area contributed by atoms with Crippen molar-refractivity contribution in [2.24, 2.45) is 0 Å². The van der Waals surface area contributed by atoms with Gasteiger partial charge in [0.05, 0.1) is 13.2 Å². The molecular formula is C19H33Cl2N3O2. The molecule has 2 rings (SSSR count). The number of hydrogen-bond donors (Lipinski definition) is 1. The molecule has 150 valence electrons. The van der Waals surface area contributed by atoms with Crippen molar-refractivity contribution in [3.05, 3.63) is 35.9 Å². The molecule has 1 N–H and O–H groups in total. The number of benzene rings is 1. The highest BCUT2D eigenvalue weighted by Crippen LogP contribution is 2.09. The largest absolute Gasteiger partial charge is 0.378 e. The van der Waals surface area contributed by atoms with E-state index in [9.17, 15) is 4.79 Å². The lowest BCUT2D eigenvalue weighted by atomic mass is 10.1. The number of halogens is 2. The van der Waals surface area contributed by atoms with Gasteiger partial charge in [0.25, 0.3) is 0 Å². The fourth-order valence-electron chi connectivity index (χ4n) is 2.99. The fourth-order valence-corrected chi connectivity index (χ4v) is 2.99. The Labute approximate surface area is 170 Å². The molecule has 1 unspecified atom stereocenters. The Balaban J connectivity index is 0.00000312. The quantitative estimate of drug-likeness (QED) is 0.685. The molecule has 26 heavy (non-hydrogen) atoms. The van der Waals surface area contributed by atoms with Crippen LogP contribution in [-0.2, 0) is 16.1 Å². The molecule has 1 atom stereocenters. The van der Waals surface area contributed by atoms with Gasteiger partial charge >= 0.3 is 0 Å². The lowest BCUT2D eigenvalue weighted by Crippen LogP contribution is -2.46. The molecule has 1 heterocycles. The van der Waals surface area contributed by atoms with Gasteiger partial charge in [-0.05, 0) is 18.7 Å². The summed E-state index contributed by atoms with van der Waals surface area (Å²) in [6.07, 6.45) is 0.505. The number of carbonyl (C=O) groups excluding carboxylic acids is 1. The van der Waals surface area contributed by atoms with Crippen molar-refractivity contribution >= 4 is 30.7 Å². The number of amides is 1. The second-order valence-electron chi connectivity index (χ2n) is 6.26. The van der Waals surface area contributed by atoms with Crippen LogP contribution in [0.1, 0.15) is 25.8 Å². The number of likely N-dealkylation sites (N-methyl/N-ethyl adjacent to an activating group) is 1. The summed E-state index contributed by atoms with van der Waals surface area (Å²) in [5, 5.41) is 3.37. The number of rotatable bonds is 9. The van der Waals surface area contributed by atoms with E-state index in [0.29, 0.717) is 19.6 Å². The molecule has 0 spiro atoms. The molecule has 5 nitrogen and oxygen atoms in total. The van der Waals surface area contributed by atoms with Gasteiger partial charge in [-0.1, -0.05) is 44.2 Å². The summed E-state index contributed by atoms with van der Waals surface area (Å²) >= 11 is 0. The second-order valence-corrected chi connectivity index (χ2v) is 6.26. The van der Waals surface area contributed by atoms with E-state index < -0.39 is 0 Å². The van der Waals surface area contributed by atoms with Crippen LogP contribution in [-0.4, -0.2) is 67.7 Å². The van der Waals surface area contributed by atoms with Gasteiger partial charge in [-0.3, -0.25) is 4.79 Å². The molecule has 7 heteroatoms. The molecule has 1 amide bonds. The van der Waals surface area contributed by atoms with E-state index in [4.69, 9.17) is 4.74 Å². The third kappa shape index (κ3) is 8.69. The van der Waals surface area contributed by atoms with Crippen LogP contribution < -0.4 is 5.32 Å². The van der Waals surface area contributed by atoms with Crippen LogP contribution >= 0.6 is 24.8 Å². The third-order valence-electron chi connectivity index (χ3n) is 4.57. The predicted molar refractivity (Wildman–Crippen MR) is 111 cm³/mol. The maximum atomic E-state index is 12.8. The lowest BCUT2D eigenvalue weighted by Gasteiger charge is -2.29. The number of ether oxygens (including phenoxy) is 1. The summed E-state index contributed by atoms with van der Waals surface area (Å²) in [5.41, 5.74) is 1.18. The number of carbonyl (C=O) groups is 1. The standard InChI is InChI=1S/C19H31N3O2.2ClH/c1-3-21(4-2)11-12-22(15-17-8-6-5-7-9-17)19(23)14-18-16-24-13-10-20-18;;/h5-9,18,20H,3-4,10-16H2,1-2H3;2*1H. The van der Waals surface area contributed by atoms with Gasteiger partial charge in [0.2, 0.25) is 5.91 Å². The number of nitrogens with zero attached hydrogens (tertiary/aromatic N) is 2. The maximum Gasteiger partial charge on any atom is 0.224 e. The highest BCUT2D eigenvalue weighted by molar-refractivity contribution is 5.85. The fraction of sp³-hybridized carbons (Fsp3) is 0.632. The van der Waals surface area contributed by atoms with Gasteiger partial charge in [0, 0.05) is 38.6 Å². The van der Waals surface area contributed by atoms with E-state index in [-0.39, 0.29) is 36.8 Å². The van der Waals surface area contributed by atoms with Crippen molar-refractivity contribution in [2.45, 2.75) is 32.9 Å². The molecule has 0 radical (unpaired) electrons. The summed E-state index contributed by atoms with van der Waals surface area (Å²) in [7, 11) is 0. The van der Waals surface area contributed by atoms with Crippen LogP contribution in [0.5, 0.6) is 0 Å². The van der Waals surface area contributed by atoms with Crippen LogP contribution in [0.2, 0.25) is 0 Å². The van der Waals surface area contributed by atoms with E-state index in [2.05, 4.69) is 36.2 Å². The zero-order chi connectivity index (χ0) is 17.2. The average Bonchev–Trinajstić information content (AvgIpc) is 2.63. The molecule has 1 aromatic rings. The Hall–Kier alpha value is -0.850. The van der Waals surface area contributed by atoms with Crippen molar-refractivity contribution in [3.8, 4) is 0 Å². The molecule has 1 aliphatic rings. The molecule has 0 bridgehead atoms. The number of hydrogen-bond acceptors (Lipinski definition) is 4. The molecule has 0 aliphatic carbocycles. The first-order chi connectivity index (χ1) is 11.7. The van der Waals surface area contributed by atoms with E-state index in [1.807, 2.05) is 23.1 Å². The van der Waals surface area contributed by atoms with Gasteiger partial charge in [0.15, 0.2) is 0 Å². The zero-order valence-corrected chi connectivity index (χ0v) is 17.5. The Morgan fingerprint density at radius 2 is 1.85 bits per heavy atom. The normalized spacial score (nSPS) is 16.5. The third-order valence-corrected chi connectivity index (χ3v) is 4.57. The topological polar surface area (TPSA) is 44.8 Å². The smallest absolute Gasteiger partial charge is 0.224 e. The second kappa shape index (κ2) is 14.2. The zero-order valence-electron chi connectivity index (χ0n) is 15.9. The number of nitrogens with one attached hydrogen (secondary N) is 1. The summed E-state index contributed by atoms with van der Waals surface area (Å²) in [6, 6.07) is 10.4. The van der Waals surface area contributed by atoms with Gasteiger partial charge < -0.3 is 19.9 Å². The predicted octanol–water partition coefficient (Wildman–Crippen LogP) is 2.58. The molecule has 1 saturated heterocycles. The summed E-state index contributed by atoms with van der Waals surface area (Å²) < 4.78 is 5.47. The SMILES string of the molecule is CCN(CC)CCN(Cc1ccccc1)C(=O)CC1COCCN1.Cl.Cl. The monoisotopic (exact) mass is 405 g/mol. The minimum absolute atomic E-state index is 0. The van der Waals surface area contributed by atoms with Crippen molar-refractivity contribution < 1.29 is 9.53 Å². The summed E-state index contributed by atoms with van der Waals surface area (Å²) in [6.45, 7) is 10.9. The Bertz CT molecular complexity index is 481. The van der Waals surface area contributed by atoms with Gasteiger partial charge in [-0.15, -0.1) is 24.8 Å². The average molecular weight is 406 g/mol. The number of morpholine rings is 1. The highest BCUT2D eigenvalue weighted by atomic mass is 35.5. The van der Waals surface area contributed by atoms with Crippen molar-refractivity contribution in [3.63, 3.8) is 0 Å². The van der Waals surface area contributed by atoms with E-state index in [1.165, 1.54) is 5.56 Å². The Morgan fingerprint density at radius 1 is 1.15 bits per heavy atom. The van der Waals surface area contributed by atoms with Crippen molar-refractivity contribution in [1.29, 1.82) is 0 Å². The van der Waals surface area contributed by atoms with Crippen LogP contribution in [0.4, 0.5) is 0 Å². The minimum atomic E-state index is 0. The van der Waals surface area contributed by atoms with Crippen molar-refractivity contribution in [2.75, 3.05) is 45.9 Å². The first-order valence-electron chi connectivity index (χ1n) is 9.08. The van der Waals surface area contributed by atoms with Crippen LogP contribution in [0.25, 0.3) is 0 Å².